The van der Waals surface area contributed by atoms with Crippen LogP contribution in [-0.4, -0.2) is 19.9 Å². The maximum Gasteiger partial charge on any atom is 0.145 e. The van der Waals surface area contributed by atoms with Gasteiger partial charge in [-0.1, -0.05) is 42.5 Å². The molecule has 2 aromatic heterocycles. The molecule has 0 radical (unpaired) electrons. The molecule has 3 aromatic carbocycles. The topological polar surface area (TPSA) is 57.4 Å². The number of H-pyrrole nitrogens is 2. The van der Waals surface area contributed by atoms with E-state index in [1.165, 1.54) is 5.30 Å². The zero-order valence-corrected chi connectivity index (χ0v) is 20.9. The van der Waals surface area contributed by atoms with Crippen molar-refractivity contribution in [2.24, 2.45) is 0 Å². The summed E-state index contributed by atoms with van der Waals surface area (Å²) >= 11 is -1.62. The van der Waals surface area contributed by atoms with Crippen molar-refractivity contribution in [1.29, 1.82) is 0 Å². The summed E-state index contributed by atoms with van der Waals surface area (Å²) in [7, 11) is 13.9. The molecule has 9 heteroatoms. The van der Waals surface area contributed by atoms with Gasteiger partial charge >= 0.3 is 41.5 Å². The van der Waals surface area contributed by atoms with E-state index in [1.54, 1.807) is 0 Å². The van der Waals surface area contributed by atoms with Gasteiger partial charge in [-0.25, -0.2) is 9.97 Å². The van der Waals surface area contributed by atoms with Crippen LogP contribution in [0.15, 0.2) is 78.9 Å². The van der Waals surface area contributed by atoms with Crippen LogP contribution in [0, 0.1) is 0 Å². The molecule has 0 amide bonds. The second-order valence-electron chi connectivity index (χ2n) is 6.90. The number of fused-ring (bicyclic) bond motifs is 2. The van der Waals surface area contributed by atoms with Crippen LogP contribution in [0.1, 0.15) is 11.6 Å². The Morgan fingerprint density at radius 2 is 1.06 bits per heavy atom. The normalized spacial score (nSPS) is 11.3. The van der Waals surface area contributed by atoms with Gasteiger partial charge < -0.3 is 9.97 Å². The number of para-hydroxylation sites is 4. The van der Waals surface area contributed by atoms with Crippen LogP contribution in [0.4, 0.5) is 0 Å². The molecule has 0 bridgehead atoms. The predicted octanol–water partition coefficient (Wildman–Crippen LogP) is 6.75. The molecule has 0 unspecified atom stereocenters. The summed E-state index contributed by atoms with van der Waals surface area (Å²) in [5, 5.41) is 1.41. The van der Waals surface area contributed by atoms with E-state index in [2.05, 4.69) is 64.6 Å². The molecular weight excluding hydrogens is 510 g/mol. The number of rotatable bonds is 5. The number of halogens is 3. The first-order valence-corrected chi connectivity index (χ1v) is 16.8. The number of nitrogens with zero attached hydrogens (tertiary/aromatic N) is 2. The van der Waals surface area contributed by atoms with Crippen LogP contribution in [0.2, 0.25) is 0 Å². The molecule has 31 heavy (non-hydrogen) atoms. The summed E-state index contributed by atoms with van der Waals surface area (Å²) < 4.78 is 0. The van der Waals surface area contributed by atoms with Crippen LogP contribution in [-0.2, 0) is 23.7 Å². The summed E-state index contributed by atoms with van der Waals surface area (Å²) in [5.41, 5.74) is 4.27. The van der Waals surface area contributed by atoms with E-state index >= 15 is 0 Å². The van der Waals surface area contributed by atoms with Gasteiger partial charge in [0.25, 0.3) is 0 Å². The van der Waals surface area contributed by atoms with Crippen LogP contribution in [0.25, 0.3) is 22.1 Å². The third-order valence-electron chi connectivity index (χ3n) is 4.82. The molecule has 0 spiro atoms. The first-order valence-electron chi connectivity index (χ1n) is 9.59. The first-order chi connectivity index (χ1) is 15.1. The molecule has 5 aromatic rings. The van der Waals surface area contributed by atoms with Gasteiger partial charge in [-0.05, 0) is 36.4 Å². The van der Waals surface area contributed by atoms with Crippen molar-refractivity contribution < 1.29 is 11.4 Å². The van der Waals surface area contributed by atoms with Crippen molar-refractivity contribution in [2.75, 3.05) is 0 Å². The molecule has 0 aliphatic carbocycles. The molecule has 2 N–H and O–H groups in total. The van der Waals surface area contributed by atoms with Gasteiger partial charge in [0.05, 0.1) is 27.4 Å². The molecule has 4 nitrogen and oxygen atoms in total. The Morgan fingerprint density at radius 1 is 0.645 bits per heavy atom. The van der Waals surface area contributed by atoms with Gasteiger partial charge in [0, 0.05) is 7.92 Å². The van der Waals surface area contributed by atoms with Gasteiger partial charge in [-0.3, -0.25) is 0 Å². The SMILES string of the molecule is [Cl][Cr]([Cl])[Cl].c1ccc([PH+](Cc2nc3ccccc3[nH]2)Cc2nc3ccccc3[nH]2)cc1. The molecule has 0 aliphatic rings. The predicted molar refractivity (Wildman–Crippen MR) is 132 cm³/mol. The van der Waals surface area contributed by atoms with E-state index in [0.29, 0.717) is 0 Å². The fraction of sp³-hybridized carbons (Fsp3) is 0.0909. The van der Waals surface area contributed by atoms with Gasteiger partial charge in [0.15, 0.2) is 0 Å². The summed E-state index contributed by atoms with van der Waals surface area (Å²) in [6.45, 7) is 0. The third-order valence-corrected chi connectivity index (χ3v) is 7.49. The minimum absolute atomic E-state index is 0.908. The van der Waals surface area contributed by atoms with Crippen molar-refractivity contribution in [1.82, 2.24) is 19.9 Å². The van der Waals surface area contributed by atoms with Crippen LogP contribution in [0.3, 0.4) is 0 Å². The Kier molecular flexibility index (Phi) is 7.91. The fourth-order valence-corrected chi connectivity index (χ4v) is 5.86. The minimum atomic E-state index is -1.62. The van der Waals surface area contributed by atoms with Crippen LogP contribution >= 0.6 is 38.1 Å². The van der Waals surface area contributed by atoms with Crippen LogP contribution in [0.5, 0.6) is 0 Å². The first kappa shape index (κ1) is 22.6. The molecule has 159 valence electrons. The zero-order chi connectivity index (χ0) is 21.6. The third kappa shape index (κ3) is 6.24. The number of nitrogens with one attached hydrogen (secondary N) is 2. The van der Waals surface area contributed by atoms with Gasteiger partial charge in [0.2, 0.25) is 0 Å². The van der Waals surface area contributed by atoms with Crippen molar-refractivity contribution in [3.05, 3.63) is 90.5 Å². The van der Waals surface area contributed by atoms with E-state index in [-0.39, 0.29) is 0 Å². The number of hydrogen-bond acceptors (Lipinski definition) is 2. The van der Waals surface area contributed by atoms with Crippen LogP contribution < -0.4 is 5.30 Å². The molecule has 0 atom stereocenters. The molecule has 0 saturated heterocycles. The Morgan fingerprint density at radius 3 is 1.52 bits per heavy atom. The van der Waals surface area contributed by atoms with E-state index in [4.69, 9.17) is 40.1 Å². The number of aromatic nitrogens is 4. The number of benzene rings is 3. The molecule has 0 fully saturated rings. The summed E-state index contributed by atoms with van der Waals surface area (Å²) in [4.78, 5) is 16.6. The van der Waals surface area contributed by atoms with E-state index in [0.717, 1.165) is 46.0 Å². The Bertz CT molecular complexity index is 1110. The van der Waals surface area contributed by atoms with Crippen molar-refractivity contribution in [3.8, 4) is 0 Å². The quantitative estimate of drug-likeness (QED) is 0.248. The van der Waals surface area contributed by atoms with E-state index < -0.39 is 19.3 Å². The van der Waals surface area contributed by atoms with Crippen molar-refractivity contribution >= 4 is 65.4 Å². The van der Waals surface area contributed by atoms with E-state index in [9.17, 15) is 0 Å². The fourth-order valence-electron chi connectivity index (χ4n) is 3.52. The van der Waals surface area contributed by atoms with Gasteiger partial charge in [0.1, 0.15) is 24.0 Å². The average molecular weight is 530 g/mol. The smallest absolute Gasteiger partial charge is 0.145 e. The number of hydrogen-bond donors (Lipinski definition) is 2. The minimum Gasteiger partial charge on any atom is -0.339 e. The summed E-state index contributed by atoms with van der Waals surface area (Å²) in [5.74, 6) is 2.12. The molecule has 2 heterocycles. The molecular formula is C22H20Cl3CrN4P+. The van der Waals surface area contributed by atoms with Gasteiger partial charge in [-0.2, -0.15) is 0 Å². The number of imidazole rings is 2. The standard InChI is InChI=1S/C22H19N4P.3ClH.Cr/c1-2-8-16(9-3-1)27(14-21-23-17-10-4-5-11-18(17)24-21)15-22-25-19-12-6-7-13-20(19)26-22;;;;/h1-13H,14-15H2,(H,23,24)(H,25,26);3*1H;/q;;;;+3/p-2. The van der Waals surface area contributed by atoms with Gasteiger partial charge in [-0.15, -0.1) is 0 Å². The Balaban J connectivity index is 0.000000535. The van der Waals surface area contributed by atoms with Crippen molar-refractivity contribution in [3.63, 3.8) is 0 Å². The second-order valence-corrected chi connectivity index (χ2v) is 15.7. The Hall–Kier alpha value is -1.57. The zero-order valence-electron chi connectivity index (χ0n) is 16.4. The molecule has 0 saturated carbocycles. The summed E-state index contributed by atoms with van der Waals surface area (Å²) in [6, 6.07) is 27.2. The largest absolute Gasteiger partial charge is 0.339 e. The molecule has 0 aliphatic heterocycles. The second kappa shape index (κ2) is 10.8. The monoisotopic (exact) mass is 528 g/mol. The summed E-state index contributed by atoms with van der Waals surface area (Å²) in [6.07, 6.45) is 1.89. The molecule has 5 rings (SSSR count). The van der Waals surface area contributed by atoms with Crippen molar-refractivity contribution in [2.45, 2.75) is 12.3 Å². The number of aromatic amines is 2. The average Bonchev–Trinajstić information content (AvgIpc) is 3.36. The maximum atomic E-state index is 4.93. The van der Waals surface area contributed by atoms with E-state index in [1.807, 2.05) is 24.3 Å². The Labute approximate surface area is 198 Å². The maximum absolute atomic E-state index is 4.93.